The largest absolute Gasteiger partial charge is 0.508 e. The minimum absolute atomic E-state index is 0.167. The molecule has 0 saturated heterocycles. The van der Waals surface area contributed by atoms with Gasteiger partial charge in [-0.05, 0) is 36.3 Å². The van der Waals surface area contributed by atoms with Crippen LogP contribution < -0.4 is 5.32 Å². The number of nitrogens with one attached hydrogen (secondary N) is 1. The minimum atomic E-state index is 0.167. The molecule has 112 valence electrons. The third-order valence-corrected chi connectivity index (χ3v) is 5.94. The number of aromatic nitrogens is 3. The smallest absolute Gasteiger partial charge is 0.176 e. The van der Waals surface area contributed by atoms with Crippen molar-refractivity contribution in [3.63, 3.8) is 0 Å². The summed E-state index contributed by atoms with van der Waals surface area (Å²) in [6.45, 7) is 0. The lowest BCUT2D eigenvalue weighted by Gasteiger charge is -2.15. The summed E-state index contributed by atoms with van der Waals surface area (Å²) in [7, 11) is 0. The van der Waals surface area contributed by atoms with Crippen molar-refractivity contribution in [1.82, 2.24) is 15.0 Å². The van der Waals surface area contributed by atoms with Crippen LogP contribution in [-0.4, -0.2) is 26.3 Å². The summed E-state index contributed by atoms with van der Waals surface area (Å²) in [5.41, 5.74) is 2.93. The molecule has 2 N–H and O–H groups in total. The van der Waals surface area contributed by atoms with Gasteiger partial charge in [0.05, 0.1) is 6.04 Å². The van der Waals surface area contributed by atoms with Crippen molar-refractivity contribution in [3.8, 4) is 5.75 Å². The molecule has 22 heavy (non-hydrogen) atoms. The van der Waals surface area contributed by atoms with Crippen molar-refractivity contribution < 1.29 is 5.11 Å². The van der Waals surface area contributed by atoms with Crippen LogP contribution in [0.3, 0.4) is 0 Å². The average molecular weight is 330 g/mol. The standard InChI is InChI=1S/C15H14N4OS2/c1-21-15-19-14-12(22-15)13(16-7-17-14)18-10-6-5-9-8(10)3-2-4-11(9)20/h2-4,7,10,20H,5-6H2,1H3,(H,16,17,18). The van der Waals surface area contributed by atoms with Crippen LogP contribution in [-0.2, 0) is 6.42 Å². The van der Waals surface area contributed by atoms with Crippen LogP contribution in [0.2, 0.25) is 0 Å². The van der Waals surface area contributed by atoms with Crippen LogP contribution in [0.1, 0.15) is 23.6 Å². The molecule has 7 heteroatoms. The van der Waals surface area contributed by atoms with Crippen LogP contribution in [0.15, 0.2) is 28.9 Å². The van der Waals surface area contributed by atoms with Gasteiger partial charge in [0.1, 0.15) is 22.6 Å². The Hall–Kier alpha value is -1.86. The third-order valence-electron chi connectivity index (χ3n) is 3.90. The summed E-state index contributed by atoms with van der Waals surface area (Å²) in [5.74, 6) is 1.21. The van der Waals surface area contributed by atoms with E-state index in [0.717, 1.165) is 44.5 Å². The highest BCUT2D eigenvalue weighted by atomic mass is 32.2. The Kier molecular flexibility index (Phi) is 3.38. The maximum Gasteiger partial charge on any atom is 0.176 e. The number of benzene rings is 1. The van der Waals surface area contributed by atoms with Crippen molar-refractivity contribution in [2.45, 2.75) is 23.2 Å². The van der Waals surface area contributed by atoms with Gasteiger partial charge in [0.2, 0.25) is 0 Å². The molecule has 0 saturated carbocycles. The summed E-state index contributed by atoms with van der Waals surface area (Å²) in [5, 5.41) is 13.5. The van der Waals surface area contributed by atoms with Crippen molar-refractivity contribution >= 4 is 39.3 Å². The first kappa shape index (κ1) is 13.8. The molecule has 0 radical (unpaired) electrons. The molecule has 1 aliphatic carbocycles. The Morgan fingerprint density at radius 1 is 1.36 bits per heavy atom. The van der Waals surface area contributed by atoms with E-state index in [1.165, 1.54) is 0 Å². The zero-order chi connectivity index (χ0) is 15.1. The molecule has 0 spiro atoms. The van der Waals surface area contributed by atoms with E-state index in [-0.39, 0.29) is 6.04 Å². The first-order valence-electron chi connectivity index (χ1n) is 6.99. The van der Waals surface area contributed by atoms with E-state index < -0.39 is 0 Å². The second-order valence-corrected chi connectivity index (χ2v) is 7.19. The number of nitrogens with zero attached hydrogens (tertiary/aromatic N) is 3. The number of phenols is 1. The monoisotopic (exact) mass is 330 g/mol. The molecule has 3 aromatic rings. The number of thioether (sulfide) groups is 1. The summed E-state index contributed by atoms with van der Waals surface area (Å²) >= 11 is 3.22. The van der Waals surface area contributed by atoms with Crippen molar-refractivity contribution in [2.75, 3.05) is 11.6 Å². The van der Waals surface area contributed by atoms with Crippen LogP contribution in [0.5, 0.6) is 5.75 Å². The lowest BCUT2D eigenvalue weighted by atomic mass is 10.1. The molecule has 1 unspecified atom stereocenters. The summed E-state index contributed by atoms with van der Waals surface area (Å²) < 4.78 is 1.98. The normalized spacial score (nSPS) is 16.9. The fourth-order valence-corrected chi connectivity index (χ4v) is 4.34. The number of thiazole rings is 1. The molecule has 0 fully saturated rings. The Labute approximate surface area is 135 Å². The number of phenolic OH excluding ortho intramolecular Hbond substituents is 1. The van der Waals surface area contributed by atoms with Crippen LogP contribution in [0.4, 0.5) is 5.82 Å². The van der Waals surface area contributed by atoms with E-state index in [4.69, 9.17) is 0 Å². The van der Waals surface area contributed by atoms with Crippen molar-refractivity contribution in [1.29, 1.82) is 0 Å². The second-order valence-electron chi connectivity index (χ2n) is 5.14. The van der Waals surface area contributed by atoms with Gasteiger partial charge in [-0.15, -0.1) is 11.3 Å². The minimum Gasteiger partial charge on any atom is -0.508 e. The Morgan fingerprint density at radius 2 is 2.27 bits per heavy atom. The number of hydrogen-bond donors (Lipinski definition) is 2. The topological polar surface area (TPSA) is 70.9 Å². The molecule has 0 bridgehead atoms. The predicted octanol–water partition coefficient (Wildman–Crippen LogP) is 3.61. The summed E-state index contributed by atoms with van der Waals surface area (Å²) in [6.07, 6.45) is 5.39. The molecule has 0 aliphatic heterocycles. The van der Waals surface area contributed by atoms with E-state index in [0.29, 0.717) is 5.75 Å². The average Bonchev–Trinajstić information content (AvgIpc) is 3.13. The number of hydrogen-bond acceptors (Lipinski definition) is 7. The van der Waals surface area contributed by atoms with Gasteiger partial charge in [-0.3, -0.25) is 0 Å². The van der Waals surface area contributed by atoms with E-state index in [2.05, 4.69) is 26.3 Å². The molecular weight excluding hydrogens is 316 g/mol. The number of anilines is 1. The predicted molar refractivity (Wildman–Crippen MR) is 89.8 cm³/mol. The first-order valence-corrected chi connectivity index (χ1v) is 9.03. The maximum atomic E-state index is 9.96. The summed E-state index contributed by atoms with van der Waals surface area (Å²) in [4.78, 5) is 13.1. The highest BCUT2D eigenvalue weighted by Gasteiger charge is 2.25. The van der Waals surface area contributed by atoms with E-state index in [9.17, 15) is 5.11 Å². The SMILES string of the molecule is CSc1nc2ncnc(NC3CCc4c(O)cccc43)c2s1. The van der Waals surface area contributed by atoms with Gasteiger partial charge in [-0.1, -0.05) is 23.9 Å². The van der Waals surface area contributed by atoms with Crippen LogP contribution >= 0.6 is 23.1 Å². The fourth-order valence-electron chi connectivity index (χ4n) is 2.87. The molecular formula is C15H14N4OS2. The van der Waals surface area contributed by atoms with Gasteiger partial charge in [0.15, 0.2) is 9.99 Å². The lowest BCUT2D eigenvalue weighted by Crippen LogP contribution is -2.08. The Balaban J connectivity index is 1.71. The molecule has 0 amide bonds. The summed E-state index contributed by atoms with van der Waals surface area (Å²) in [6, 6.07) is 5.87. The van der Waals surface area contributed by atoms with Crippen LogP contribution in [0.25, 0.3) is 10.3 Å². The highest BCUT2D eigenvalue weighted by molar-refractivity contribution is 8.00. The number of fused-ring (bicyclic) bond motifs is 2. The van der Waals surface area contributed by atoms with Gasteiger partial charge in [-0.2, -0.15) is 0 Å². The number of rotatable bonds is 3. The van der Waals surface area contributed by atoms with E-state index in [1.54, 1.807) is 35.5 Å². The van der Waals surface area contributed by atoms with Crippen LogP contribution in [0, 0.1) is 0 Å². The quantitative estimate of drug-likeness (QED) is 0.715. The van der Waals surface area contributed by atoms with Crippen molar-refractivity contribution in [2.24, 2.45) is 0 Å². The molecule has 1 aromatic carbocycles. The van der Waals surface area contributed by atoms with Gasteiger partial charge in [-0.25, -0.2) is 15.0 Å². The molecule has 2 heterocycles. The van der Waals surface area contributed by atoms with Crippen molar-refractivity contribution in [3.05, 3.63) is 35.7 Å². The molecule has 2 aromatic heterocycles. The Bertz CT molecular complexity index is 849. The fraction of sp³-hybridized carbons (Fsp3) is 0.267. The zero-order valence-electron chi connectivity index (χ0n) is 11.9. The lowest BCUT2D eigenvalue weighted by molar-refractivity contribution is 0.469. The van der Waals surface area contributed by atoms with Gasteiger partial charge in [0.25, 0.3) is 0 Å². The third kappa shape index (κ3) is 2.21. The first-order chi connectivity index (χ1) is 10.8. The molecule has 5 nitrogen and oxygen atoms in total. The molecule has 1 aliphatic rings. The van der Waals surface area contributed by atoms with E-state index >= 15 is 0 Å². The number of aromatic hydroxyl groups is 1. The second kappa shape index (κ2) is 5.40. The van der Waals surface area contributed by atoms with E-state index in [1.807, 2.05) is 12.3 Å². The molecule has 4 rings (SSSR count). The zero-order valence-corrected chi connectivity index (χ0v) is 13.5. The van der Waals surface area contributed by atoms with Gasteiger partial charge >= 0.3 is 0 Å². The van der Waals surface area contributed by atoms with Gasteiger partial charge in [0, 0.05) is 0 Å². The Morgan fingerprint density at radius 3 is 3.14 bits per heavy atom. The molecule has 1 atom stereocenters. The highest BCUT2D eigenvalue weighted by Crippen LogP contribution is 2.39. The maximum absolute atomic E-state index is 9.96. The van der Waals surface area contributed by atoms with Gasteiger partial charge < -0.3 is 10.4 Å².